The lowest BCUT2D eigenvalue weighted by Gasteiger charge is -1.92. The van der Waals surface area contributed by atoms with Crippen LogP contribution in [0.2, 0.25) is 4.34 Å². The molecule has 2 aromatic heterocycles. The molecule has 0 atom stereocenters. The summed E-state index contributed by atoms with van der Waals surface area (Å²) < 4.78 is 5.85. The van der Waals surface area contributed by atoms with Crippen molar-refractivity contribution in [3.8, 4) is 0 Å². The van der Waals surface area contributed by atoms with E-state index < -0.39 is 5.97 Å². The second kappa shape index (κ2) is 4.92. The van der Waals surface area contributed by atoms with Crippen LogP contribution in [0.1, 0.15) is 14.6 Å². The Morgan fingerprint density at radius 3 is 2.74 bits per heavy atom. The first kappa shape index (κ1) is 12.6. The van der Waals surface area contributed by atoms with E-state index in [0.717, 1.165) is 14.6 Å². The van der Waals surface area contributed by atoms with Gasteiger partial charge in [-0.25, -0.2) is 9.79 Å². The fourth-order valence-electron chi connectivity index (χ4n) is 1.60. The van der Waals surface area contributed by atoms with Gasteiger partial charge in [-0.3, -0.25) is 0 Å². The molecule has 3 heterocycles. The number of hydrogen-bond acceptors (Lipinski definition) is 5. The maximum absolute atomic E-state index is 11.7. The first-order valence-corrected chi connectivity index (χ1v) is 7.47. The summed E-state index contributed by atoms with van der Waals surface area (Å²) in [6.45, 7) is 2.00. The average Bonchev–Trinajstić information content (AvgIpc) is 3.03. The highest BCUT2D eigenvalue weighted by molar-refractivity contribution is 7.17. The highest BCUT2D eigenvalue weighted by atomic mass is 35.5. The molecule has 0 N–H and O–H groups in total. The number of rotatable bonds is 2. The van der Waals surface area contributed by atoms with Crippen LogP contribution in [-0.2, 0) is 9.53 Å². The van der Waals surface area contributed by atoms with E-state index in [1.165, 1.54) is 11.3 Å². The third-order valence-electron chi connectivity index (χ3n) is 2.44. The van der Waals surface area contributed by atoms with Crippen LogP contribution in [0.25, 0.3) is 6.08 Å². The molecule has 2 aromatic rings. The number of aryl methyl sites for hydroxylation is 1. The minimum Gasteiger partial charge on any atom is -0.401 e. The first-order valence-electron chi connectivity index (χ1n) is 5.46. The molecular weight excluding hydrogens is 302 g/mol. The van der Waals surface area contributed by atoms with Gasteiger partial charge < -0.3 is 4.74 Å². The average molecular weight is 310 g/mol. The molecule has 3 rings (SSSR count). The van der Waals surface area contributed by atoms with Gasteiger partial charge in [-0.2, -0.15) is 0 Å². The second-order valence-electron chi connectivity index (χ2n) is 3.89. The number of halogens is 1. The van der Waals surface area contributed by atoms with E-state index in [9.17, 15) is 4.79 Å². The highest BCUT2D eigenvalue weighted by Crippen LogP contribution is 2.27. The van der Waals surface area contributed by atoms with E-state index in [1.54, 1.807) is 23.5 Å². The molecule has 0 aliphatic carbocycles. The summed E-state index contributed by atoms with van der Waals surface area (Å²) in [5, 5.41) is 0. The Balaban J connectivity index is 1.93. The first-order chi connectivity index (χ1) is 9.11. The summed E-state index contributed by atoms with van der Waals surface area (Å²) in [6, 6.07) is 7.50. The number of esters is 1. The summed E-state index contributed by atoms with van der Waals surface area (Å²) in [7, 11) is 0. The molecule has 3 nitrogen and oxygen atoms in total. The van der Waals surface area contributed by atoms with Gasteiger partial charge in [0.05, 0.1) is 9.21 Å². The highest BCUT2D eigenvalue weighted by Gasteiger charge is 2.25. The number of aliphatic imine (C=N–C) groups is 1. The molecular formula is C13H8ClNO2S2. The molecule has 0 saturated carbocycles. The molecule has 1 aliphatic heterocycles. The largest absolute Gasteiger partial charge is 0.401 e. The molecule has 19 heavy (non-hydrogen) atoms. The third kappa shape index (κ3) is 2.63. The number of thiophene rings is 2. The molecule has 0 spiro atoms. The van der Waals surface area contributed by atoms with Crippen LogP contribution < -0.4 is 0 Å². The van der Waals surface area contributed by atoms with E-state index >= 15 is 0 Å². The zero-order valence-corrected chi connectivity index (χ0v) is 12.2. The van der Waals surface area contributed by atoms with Crippen molar-refractivity contribution in [1.29, 1.82) is 0 Å². The Morgan fingerprint density at radius 2 is 2.11 bits per heavy atom. The Morgan fingerprint density at radius 1 is 1.26 bits per heavy atom. The molecule has 1 aliphatic rings. The molecule has 6 heteroatoms. The van der Waals surface area contributed by atoms with E-state index in [1.807, 2.05) is 25.1 Å². The monoisotopic (exact) mass is 309 g/mol. The Labute approximate surface area is 122 Å². The van der Waals surface area contributed by atoms with Gasteiger partial charge in [-0.1, -0.05) is 11.6 Å². The summed E-state index contributed by atoms with van der Waals surface area (Å²) in [5.41, 5.74) is 0.305. The van der Waals surface area contributed by atoms with Crippen molar-refractivity contribution >= 4 is 52.2 Å². The number of hydrogen-bond donors (Lipinski definition) is 0. The van der Waals surface area contributed by atoms with E-state index in [0.29, 0.717) is 15.9 Å². The Kier molecular flexibility index (Phi) is 3.26. The third-order valence-corrected chi connectivity index (χ3v) is 4.61. The fourth-order valence-corrected chi connectivity index (χ4v) is 3.40. The maximum Gasteiger partial charge on any atom is 0.363 e. The van der Waals surface area contributed by atoms with Crippen molar-refractivity contribution in [3.05, 3.63) is 48.9 Å². The predicted octanol–water partition coefficient (Wildman–Crippen LogP) is 4.12. The smallest absolute Gasteiger partial charge is 0.363 e. The van der Waals surface area contributed by atoms with Crippen LogP contribution in [0.4, 0.5) is 0 Å². The normalized spacial score (nSPS) is 16.8. The van der Waals surface area contributed by atoms with Gasteiger partial charge in [-0.05, 0) is 37.3 Å². The fraction of sp³-hybridized carbons (Fsp3) is 0.0769. The lowest BCUT2D eigenvalue weighted by atomic mass is 10.3. The van der Waals surface area contributed by atoms with Crippen molar-refractivity contribution in [2.24, 2.45) is 4.99 Å². The molecule has 0 bridgehead atoms. The van der Waals surface area contributed by atoms with Crippen LogP contribution in [0.5, 0.6) is 0 Å². The van der Waals surface area contributed by atoms with E-state index in [4.69, 9.17) is 16.3 Å². The van der Waals surface area contributed by atoms with E-state index in [2.05, 4.69) is 4.99 Å². The van der Waals surface area contributed by atoms with Gasteiger partial charge in [0.1, 0.15) is 0 Å². The molecule has 0 radical (unpaired) electrons. The standard InChI is InChI=1S/C13H8ClNO2S2/c1-7-2-4-10(18-7)12-15-9(13(16)17-12)6-8-3-5-11(14)19-8/h2-6H,1H3/b9-6-. The quantitative estimate of drug-likeness (QED) is 0.618. The maximum atomic E-state index is 11.7. The van der Waals surface area contributed by atoms with Crippen molar-refractivity contribution in [2.75, 3.05) is 0 Å². The van der Waals surface area contributed by atoms with Crippen molar-refractivity contribution in [3.63, 3.8) is 0 Å². The molecule has 0 unspecified atom stereocenters. The lowest BCUT2D eigenvalue weighted by molar-refractivity contribution is -0.129. The number of carbonyl (C=O) groups is 1. The molecule has 0 saturated heterocycles. The number of cyclic esters (lactones) is 1. The minimum absolute atomic E-state index is 0.305. The molecule has 0 aromatic carbocycles. The lowest BCUT2D eigenvalue weighted by Crippen LogP contribution is -2.03. The topological polar surface area (TPSA) is 38.7 Å². The van der Waals surface area contributed by atoms with Crippen LogP contribution in [0.3, 0.4) is 0 Å². The van der Waals surface area contributed by atoms with Crippen molar-refractivity contribution < 1.29 is 9.53 Å². The zero-order chi connectivity index (χ0) is 13.4. The van der Waals surface area contributed by atoms with Gasteiger partial charge in [0, 0.05) is 9.75 Å². The zero-order valence-electron chi connectivity index (χ0n) is 9.84. The second-order valence-corrected chi connectivity index (χ2v) is 6.92. The van der Waals surface area contributed by atoms with Crippen molar-refractivity contribution in [1.82, 2.24) is 0 Å². The van der Waals surface area contributed by atoms with Crippen LogP contribution >= 0.6 is 34.3 Å². The summed E-state index contributed by atoms with van der Waals surface area (Å²) in [4.78, 5) is 18.9. The number of nitrogens with zero attached hydrogens (tertiary/aromatic N) is 1. The minimum atomic E-state index is -0.425. The van der Waals surface area contributed by atoms with Gasteiger partial charge in [0.25, 0.3) is 0 Å². The Hall–Kier alpha value is -1.43. The van der Waals surface area contributed by atoms with Gasteiger partial charge in [0.15, 0.2) is 5.70 Å². The summed E-state index contributed by atoms with van der Waals surface area (Å²) in [6.07, 6.45) is 1.69. The van der Waals surface area contributed by atoms with Gasteiger partial charge in [-0.15, -0.1) is 22.7 Å². The SMILES string of the molecule is Cc1ccc(C2=N/C(=C\c3ccc(Cl)s3)C(=O)O2)s1. The van der Waals surface area contributed by atoms with Crippen LogP contribution in [-0.4, -0.2) is 11.9 Å². The number of carbonyl (C=O) groups excluding carboxylic acids is 1. The molecule has 0 fully saturated rings. The molecule has 0 amide bonds. The van der Waals surface area contributed by atoms with Gasteiger partial charge in [0.2, 0.25) is 5.90 Å². The Bertz CT molecular complexity index is 712. The predicted molar refractivity (Wildman–Crippen MR) is 79.0 cm³/mol. The summed E-state index contributed by atoms with van der Waals surface area (Å²) in [5.74, 6) is -0.0532. The van der Waals surface area contributed by atoms with E-state index in [-0.39, 0.29) is 0 Å². The van der Waals surface area contributed by atoms with Crippen LogP contribution in [0.15, 0.2) is 35.0 Å². The number of ether oxygens (including phenoxy) is 1. The van der Waals surface area contributed by atoms with Crippen molar-refractivity contribution in [2.45, 2.75) is 6.92 Å². The van der Waals surface area contributed by atoms with Crippen LogP contribution in [0, 0.1) is 6.92 Å². The van der Waals surface area contributed by atoms with Gasteiger partial charge >= 0.3 is 5.97 Å². The summed E-state index contributed by atoms with van der Waals surface area (Å²) >= 11 is 8.79. The molecule has 96 valence electrons.